The van der Waals surface area contributed by atoms with Crippen molar-refractivity contribution in [3.05, 3.63) is 0 Å². The molecule has 0 radical (unpaired) electrons. The van der Waals surface area contributed by atoms with Crippen LogP contribution in [0.1, 0.15) is 13.3 Å². The Labute approximate surface area is 66.3 Å². The van der Waals surface area contributed by atoms with E-state index in [0.29, 0.717) is 0 Å². The molecule has 0 spiro atoms. The average Bonchev–Trinajstić information content (AvgIpc) is 2.05. The first-order chi connectivity index (χ1) is 4.21. The van der Waals surface area contributed by atoms with E-state index in [1.807, 2.05) is 0 Å². The highest BCUT2D eigenvalue weighted by atomic mass is 35.5. The Morgan fingerprint density at radius 3 is 1.60 bits per heavy atom. The lowest BCUT2D eigenvalue weighted by atomic mass is 10.1. The summed E-state index contributed by atoms with van der Waals surface area (Å²) < 4.78 is 34.3. The van der Waals surface area contributed by atoms with Crippen molar-refractivity contribution in [2.24, 2.45) is 5.41 Å². The van der Waals surface area contributed by atoms with E-state index >= 15 is 0 Å². The molecule has 0 aromatic rings. The molecule has 1 fully saturated rings. The zero-order chi connectivity index (χ0) is 8.21. The SMILES string of the molecule is CC1(C(F)(F)F)CC1(Cl)Cl. The van der Waals surface area contributed by atoms with Gasteiger partial charge in [-0.05, 0) is 13.3 Å². The van der Waals surface area contributed by atoms with Gasteiger partial charge in [0.2, 0.25) is 0 Å². The highest BCUT2D eigenvalue weighted by molar-refractivity contribution is 6.51. The van der Waals surface area contributed by atoms with Crippen LogP contribution in [-0.4, -0.2) is 10.5 Å². The predicted octanol–water partition coefficient (Wildman–Crippen LogP) is 3.13. The fraction of sp³-hybridized carbons (Fsp3) is 1.00. The summed E-state index contributed by atoms with van der Waals surface area (Å²) in [7, 11) is 0. The van der Waals surface area contributed by atoms with Crippen LogP contribution in [0, 0.1) is 5.41 Å². The van der Waals surface area contributed by atoms with E-state index < -0.39 is 15.9 Å². The molecule has 0 N–H and O–H groups in total. The van der Waals surface area contributed by atoms with Gasteiger partial charge in [-0.1, -0.05) is 0 Å². The Balaban J connectivity index is 2.78. The van der Waals surface area contributed by atoms with Gasteiger partial charge in [0, 0.05) is 0 Å². The summed E-state index contributed by atoms with van der Waals surface area (Å²) in [5, 5.41) is 0. The predicted molar refractivity (Wildman–Crippen MR) is 33.2 cm³/mol. The normalized spacial score (nSPS) is 37.8. The van der Waals surface area contributed by atoms with Crippen LogP contribution in [0.15, 0.2) is 0 Å². The second kappa shape index (κ2) is 1.75. The van der Waals surface area contributed by atoms with Crippen LogP contribution in [0.2, 0.25) is 0 Å². The first-order valence-corrected chi connectivity index (χ1v) is 3.41. The molecular weight excluding hydrogens is 188 g/mol. The van der Waals surface area contributed by atoms with Gasteiger partial charge < -0.3 is 0 Å². The molecule has 10 heavy (non-hydrogen) atoms. The molecule has 60 valence electrons. The average molecular weight is 193 g/mol. The first-order valence-electron chi connectivity index (χ1n) is 2.65. The Hall–Kier alpha value is 0.370. The van der Waals surface area contributed by atoms with Crippen LogP contribution in [0.3, 0.4) is 0 Å². The molecule has 0 aliphatic heterocycles. The second-order valence-corrected chi connectivity index (χ2v) is 4.20. The molecule has 1 saturated carbocycles. The van der Waals surface area contributed by atoms with Crippen LogP contribution in [0.5, 0.6) is 0 Å². The van der Waals surface area contributed by atoms with E-state index in [4.69, 9.17) is 23.2 Å². The summed E-state index contributed by atoms with van der Waals surface area (Å²) >= 11 is 10.6. The van der Waals surface area contributed by atoms with Gasteiger partial charge in [-0.3, -0.25) is 0 Å². The second-order valence-electron chi connectivity index (χ2n) is 2.71. The van der Waals surface area contributed by atoms with Crippen molar-refractivity contribution in [1.29, 1.82) is 0 Å². The van der Waals surface area contributed by atoms with Crippen molar-refractivity contribution in [1.82, 2.24) is 0 Å². The molecule has 0 amide bonds. The lowest BCUT2D eigenvalue weighted by Gasteiger charge is -2.15. The summed E-state index contributed by atoms with van der Waals surface area (Å²) in [5.74, 6) is 0. The van der Waals surface area contributed by atoms with Crippen LogP contribution in [0.4, 0.5) is 13.2 Å². The maximum atomic E-state index is 12.0. The summed E-state index contributed by atoms with van der Waals surface area (Å²) in [6.07, 6.45) is -4.48. The quantitative estimate of drug-likeness (QED) is 0.518. The Bertz CT molecular complexity index is 163. The van der Waals surface area contributed by atoms with E-state index in [2.05, 4.69) is 0 Å². The zero-order valence-electron chi connectivity index (χ0n) is 5.10. The molecular formula is C5H5Cl2F3. The number of rotatable bonds is 0. The van der Waals surface area contributed by atoms with Gasteiger partial charge in [0.05, 0.1) is 5.41 Å². The third-order valence-corrected chi connectivity index (χ3v) is 2.98. The van der Waals surface area contributed by atoms with E-state index in [1.165, 1.54) is 0 Å². The molecule has 0 nitrogen and oxygen atoms in total. The number of hydrogen-bond acceptors (Lipinski definition) is 0. The van der Waals surface area contributed by atoms with E-state index in [-0.39, 0.29) is 6.42 Å². The molecule has 0 aromatic heterocycles. The fourth-order valence-electron chi connectivity index (χ4n) is 0.707. The summed E-state index contributed by atoms with van der Waals surface area (Å²) in [6, 6.07) is 0. The highest BCUT2D eigenvalue weighted by Crippen LogP contribution is 2.70. The van der Waals surface area contributed by atoms with E-state index in [0.717, 1.165) is 6.92 Å². The fourth-order valence-corrected chi connectivity index (χ4v) is 1.46. The van der Waals surface area contributed by atoms with Gasteiger partial charge in [0.25, 0.3) is 0 Å². The van der Waals surface area contributed by atoms with Crippen molar-refractivity contribution in [3.63, 3.8) is 0 Å². The van der Waals surface area contributed by atoms with Crippen molar-refractivity contribution >= 4 is 23.2 Å². The van der Waals surface area contributed by atoms with Gasteiger partial charge in [-0.25, -0.2) is 0 Å². The highest BCUT2D eigenvalue weighted by Gasteiger charge is 2.76. The van der Waals surface area contributed by atoms with Crippen LogP contribution in [0.25, 0.3) is 0 Å². The van der Waals surface area contributed by atoms with Crippen LogP contribution >= 0.6 is 23.2 Å². The molecule has 0 saturated heterocycles. The summed E-state index contributed by atoms with van der Waals surface area (Å²) in [4.78, 5) is 0. The van der Waals surface area contributed by atoms with Gasteiger partial charge >= 0.3 is 6.18 Å². The van der Waals surface area contributed by atoms with Crippen LogP contribution < -0.4 is 0 Å². The van der Waals surface area contributed by atoms with Gasteiger partial charge in [-0.2, -0.15) is 13.2 Å². The summed E-state index contributed by atoms with van der Waals surface area (Å²) in [6.45, 7) is 1.02. The molecule has 1 aliphatic rings. The van der Waals surface area contributed by atoms with Gasteiger partial charge in [0.15, 0.2) is 0 Å². The Kier molecular flexibility index (Phi) is 1.48. The monoisotopic (exact) mass is 192 g/mol. The van der Waals surface area contributed by atoms with E-state index in [1.54, 1.807) is 0 Å². The summed E-state index contributed by atoms with van der Waals surface area (Å²) in [5.41, 5.74) is -1.89. The molecule has 1 atom stereocenters. The molecule has 0 aromatic carbocycles. The molecule has 1 aliphatic carbocycles. The van der Waals surface area contributed by atoms with Crippen molar-refractivity contribution in [3.8, 4) is 0 Å². The number of alkyl halides is 5. The smallest absolute Gasteiger partial charge is 0.170 e. The lowest BCUT2D eigenvalue weighted by molar-refractivity contribution is -0.182. The molecule has 0 heterocycles. The maximum Gasteiger partial charge on any atom is 0.397 e. The Morgan fingerprint density at radius 2 is 1.60 bits per heavy atom. The number of hydrogen-bond donors (Lipinski definition) is 0. The zero-order valence-corrected chi connectivity index (χ0v) is 6.61. The Morgan fingerprint density at radius 1 is 1.30 bits per heavy atom. The molecule has 1 unspecified atom stereocenters. The minimum atomic E-state index is -4.28. The van der Waals surface area contributed by atoms with Gasteiger partial charge in [-0.15, -0.1) is 23.2 Å². The molecule has 0 bridgehead atoms. The standard InChI is InChI=1S/C5H5Cl2F3/c1-3(5(8,9)10)2-4(3,6)7/h2H2,1H3. The van der Waals surface area contributed by atoms with E-state index in [9.17, 15) is 13.2 Å². The third kappa shape index (κ3) is 0.909. The van der Waals surface area contributed by atoms with Gasteiger partial charge in [0.1, 0.15) is 4.33 Å². The number of halogens is 5. The van der Waals surface area contributed by atoms with Crippen molar-refractivity contribution in [2.75, 3.05) is 0 Å². The minimum Gasteiger partial charge on any atom is -0.170 e. The molecule has 1 rings (SSSR count). The van der Waals surface area contributed by atoms with Crippen molar-refractivity contribution in [2.45, 2.75) is 23.9 Å². The topological polar surface area (TPSA) is 0 Å². The first kappa shape index (κ1) is 8.47. The lowest BCUT2D eigenvalue weighted by Crippen LogP contribution is -2.26. The largest absolute Gasteiger partial charge is 0.397 e. The third-order valence-electron chi connectivity index (χ3n) is 1.88. The van der Waals surface area contributed by atoms with Crippen LogP contribution in [-0.2, 0) is 0 Å². The molecule has 5 heteroatoms. The maximum absolute atomic E-state index is 12.0. The van der Waals surface area contributed by atoms with Crippen molar-refractivity contribution < 1.29 is 13.2 Å². The minimum absolute atomic E-state index is 0.202.